The maximum absolute atomic E-state index is 12.7. The van der Waals surface area contributed by atoms with Gasteiger partial charge in [0.05, 0.1) is 38.5 Å². The van der Waals surface area contributed by atoms with Crippen molar-refractivity contribution in [3.8, 4) is 5.75 Å². The fraction of sp³-hybridized carbons (Fsp3) is 0.474. The Morgan fingerprint density at radius 1 is 1.26 bits per heavy atom. The molecule has 8 nitrogen and oxygen atoms in total. The minimum absolute atomic E-state index is 0.260. The molecular formula is C19H25N3O5. The summed E-state index contributed by atoms with van der Waals surface area (Å²) in [6.45, 7) is 5.24. The number of ether oxygens (including phenoxy) is 3. The molecule has 1 atom stereocenters. The third-order valence-corrected chi connectivity index (χ3v) is 4.58. The fourth-order valence-corrected chi connectivity index (χ4v) is 3.22. The highest BCUT2D eigenvalue weighted by Crippen LogP contribution is 2.29. The molecule has 146 valence electrons. The Bertz CT molecular complexity index is 711. The van der Waals surface area contributed by atoms with Gasteiger partial charge in [-0.2, -0.15) is 0 Å². The summed E-state index contributed by atoms with van der Waals surface area (Å²) in [7, 11) is 1.59. The second kappa shape index (κ2) is 8.88. The van der Waals surface area contributed by atoms with Crippen LogP contribution in [0.1, 0.15) is 18.5 Å². The molecule has 1 fully saturated rings. The summed E-state index contributed by atoms with van der Waals surface area (Å²) in [5.41, 5.74) is 1.78. The van der Waals surface area contributed by atoms with Crippen LogP contribution in [0.5, 0.6) is 5.75 Å². The number of carbonyl (C=O) groups is 2. The summed E-state index contributed by atoms with van der Waals surface area (Å²) in [6.07, 6.45) is 0. The zero-order valence-electron chi connectivity index (χ0n) is 15.6. The first-order valence-corrected chi connectivity index (χ1v) is 9.04. The van der Waals surface area contributed by atoms with Crippen molar-refractivity contribution in [2.45, 2.75) is 13.0 Å². The molecule has 1 aromatic carbocycles. The molecule has 0 radical (unpaired) electrons. The number of carbonyl (C=O) groups excluding carboxylic acids is 2. The largest absolute Gasteiger partial charge is 0.497 e. The normalized spacial score (nSPS) is 20.7. The zero-order valence-corrected chi connectivity index (χ0v) is 15.6. The van der Waals surface area contributed by atoms with Gasteiger partial charge in [0.25, 0.3) is 0 Å². The van der Waals surface area contributed by atoms with E-state index in [0.29, 0.717) is 36.8 Å². The van der Waals surface area contributed by atoms with E-state index in [1.165, 1.54) is 0 Å². The van der Waals surface area contributed by atoms with Gasteiger partial charge in [-0.15, -0.1) is 0 Å². The third kappa shape index (κ3) is 4.58. The van der Waals surface area contributed by atoms with Gasteiger partial charge in [0.15, 0.2) is 0 Å². The molecule has 2 aliphatic heterocycles. The van der Waals surface area contributed by atoms with E-state index >= 15 is 0 Å². The number of nitrogens with zero attached hydrogens (tertiary/aromatic N) is 1. The van der Waals surface area contributed by atoms with Crippen LogP contribution in [0.3, 0.4) is 0 Å². The van der Waals surface area contributed by atoms with Gasteiger partial charge in [0.2, 0.25) is 0 Å². The van der Waals surface area contributed by atoms with Crippen molar-refractivity contribution in [3.05, 3.63) is 41.1 Å². The second-order valence-electron chi connectivity index (χ2n) is 6.31. The predicted molar refractivity (Wildman–Crippen MR) is 98.3 cm³/mol. The van der Waals surface area contributed by atoms with E-state index in [1.54, 1.807) is 26.2 Å². The average molecular weight is 375 g/mol. The van der Waals surface area contributed by atoms with Crippen LogP contribution in [0.15, 0.2) is 35.5 Å². The lowest BCUT2D eigenvalue weighted by Crippen LogP contribution is -2.49. The Hall–Kier alpha value is -2.58. The smallest absolute Gasteiger partial charge is 0.338 e. The number of morpholine rings is 1. The van der Waals surface area contributed by atoms with Crippen LogP contribution in [-0.2, 0) is 14.3 Å². The maximum atomic E-state index is 12.7. The molecule has 0 unspecified atom stereocenters. The first-order chi connectivity index (χ1) is 13.1. The van der Waals surface area contributed by atoms with Crippen molar-refractivity contribution in [1.82, 2.24) is 15.5 Å². The van der Waals surface area contributed by atoms with E-state index in [0.717, 1.165) is 18.7 Å². The van der Waals surface area contributed by atoms with E-state index in [1.807, 2.05) is 12.1 Å². The number of rotatable bonds is 6. The summed E-state index contributed by atoms with van der Waals surface area (Å²) in [5, 5.41) is 5.63. The molecule has 8 heteroatoms. The molecule has 0 spiro atoms. The summed E-state index contributed by atoms with van der Waals surface area (Å²) in [5.74, 6) is 0.267. The van der Waals surface area contributed by atoms with Crippen LogP contribution in [-0.4, -0.2) is 63.5 Å². The van der Waals surface area contributed by atoms with Crippen LogP contribution in [0, 0.1) is 0 Å². The number of hydrogen-bond donors (Lipinski definition) is 2. The summed E-state index contributed by atoms with van der Waals surface area (Å²) < 4.78 is 15.8. The second-order valence-corrected chi connectivity index (χ2v) is 6.31. The molecule has 2 amide bonds. The standard InChI is InChI=1S/C19H25N3O5/c1-3-27-18(23)16-15(12-22-8-10-26-11-9-22)20-19(24)21-17(16)13-4-6-14(25-2)7-5-13/h4-7,17H,3,8-12H2,1-2H3,(H2,20,21,24)/t17-/m0/s1. The molecule has 2 heterocycles. The summed E-state index contributed by atoms with van der Waals surface area (Å²) in [6, 6.07) is 6.34. The molecule has 1 saturated heterocycles. The SMILES string of the molecule is CCOC(=O)C1=C(CN2CCOCC2)NC(=O)N[C@H]1c1ccc(OC)cc1. The van der Waals surface area contributed by atoms with Gasteiger partial charge in [0.1, 0.15) is 5.75 Å². The predicted octanol–water partition coefficient (Wildman–Crippen LogP) is 1.20. The first-order valence-electron chi connectivity index (χ1n) is 9.04. The Kier molecular flexibility index (Phi) is 6.31. The first kappa shape index (κ1) is 19.2. The third-order valence-electron chi connectivity index (χ3n) is 4.58. The minimum Gasteiger partial charge on any atom is -0.497 e. The van der Waals surface area contributed by atoms with Crippen molar-refractivity contribution < 1.29 is 23.8 Å². The van der Waals surface area contributed by atoms with Gasteiger partial charge in [-0.25, -0.2) is 9.59 Å². The number of esters is 1. The maximum Gasteiger partial charge on any atom is 0.338 e. The van der Waals surface area contributed by atoms with E-state index in [4.69, 9.17) is 14.2 Å². The van der Waals surface area contributed by atoms with Gasteiger partial charge in [-0.3, -0.25) is 4.90 Å². The lowest BCUT2D eigenvalue weighted by Gasteiger charge is -2.33. The monoisotopic (exact) mass is 375 g/mol. The molecule has 27 heavy (non-hydrogen) atoms. The lowest BCUT2D eigenvalue weighted by molar-refractivity contribution is -0.139. The lowest BCUT2D eigenvalue weighted by atomic mass is 9.95. The zero-order chi connectivity index (χ0) is 19.2. The number of methoxy groups -OCH3 is 1. The van der Waals surface area contributed by atoms with Gasteiger partial charge < -0.3 is 24.8 Å². The number of benzene rings is 1. The molecule has 0 bridgehead atoms. The van der Waals surface area contributed by atoms with Crippen LogP contribution >= 0.6 is 0 Å². The minimum atomic E-state index is -0.584. The van der Waals surface area contributed by atoms with Crippen molar-refractivity contribution >= 4 is 12.0 Å². The van der Waals surface area contributed by atoms with E-state index in [9.17, 15) is 9.59 Å². The Labute approximate surface area is 158 Å². The van der Waals surface area contributed by atoms with Crippen LogP contribution in [0.4, 0.5) is 4.79 Å². The van der Waals surface area contributed by atoms with Crippen molar-refractivity contribution in [3.63, 3.8) is 0 Å². The quantitative estimate of drug-likeness (QED) is 0.727. The molecule has 0 aliphatic carbocycles. The Balaban J connectivity index is 1.95. The van der Waals surface area contributed by atoms with Gasteiger partial charge in [0, 0.05) is 25.3 Å². The highest BCUT2D eigenvalue weighted by atomic mass is 16.5. The highest BCUT2D eigenvalue weighted by molar-refractivity contribution is 5.95. The molecule has 0 aromatic heterocycles. The van der Waals surface area contributed by atoms with Crippen LogP contribution in [0.2, 0.25) is 0 Å². The average Bonchev–Trinajstić information content (AvgIpc) is 2.68. The van der Waals surface area contributed by atoms with Crippen LogP contribution in [0.25, 0.3) is 0 Å². The highest BCUT2D eigenvalue weighted by Gasteiger charge is 2.34. The number of amides is 2. The molecule has 2 aliphatic rings. The number of hydrogen-bond acceptors (Lipinski definition) is 6. The molecule has 3 rings (SSSR count). The number of nitrogens with one attached hydrogen (secondary N) is 2. The molecule has 2 N–H and O–H groups in total. The van der Waals surface area contributed by atoms with E-state index in [-0.39, 0.29) is 12.6 Å². The molecule has 0 saturated carbocycles. The number of urea groups is 1. The van der Waals surface area contributed by atoms with Crippen LogP contribution < -0.4 is 15.4 Å². The van der Waals surface area contributed by atoms with Crippen molar-refractivity contribution in [2.24, 2.45) is 0 Å². The Morgan fingerprint density at radius 2 is 1.96 bits per heavy atom. The van der Waals surface area contributed by atoms with E-state index < -0.39 is 12.0 Å². The van der Waals surface area contributed by atoms with E-state index in [2.05, 4.69) is 15.5 Å². The fourth-order valence-electron chi connectivity index (χ4n) is 3.22. The van der Waals surface area contributed by atoms with Crippen molar-refractivity contribution in [1.29, 1.82) is 0 Å². The Morgan fingerprint density at radius 3 is 2.59 bits per heavy atom. The van der Waals surface area contributed by atoms with Gasteiger partial charge in [-0.1, -0.05) is 12.1 Å². The molecule has 1 aromatic rings. The van der Waals surface area contributed by atoms with Gasteiger partial charge in [-0.05, 0) is 24.6 Å². The summed E-state index contributed by atoms with van der Waals surface area (Å²) >= 11 is 0. The van der Waals surface area contributed by atoms with Crippen molar-refractivity contribution in [2.75, 3.05) is 46.6 Å². The topological polar surface area (TPSA) is 89.1 Å². The summed E-state index contributed by atoms with van der Waals surface area (Å²) in [4.78, 5) is 27.1. The molecular weight excluding hydrogens is 350 g/mol. The van der Waals surface area contributed by atoms with Gasteiger partial charge >= 0.3 is 12.0 Å².